The van der Waals surface area contributed by atoms with Crippen molar-refractivity contribution in [2.24, 2.45) is 5.92 Å². The molecular formula is C12H16BrNO. The third-order valence-corrected chi connectivity index (χ3v) is 2.66. The number of benzene rings is 1. The van der Waals surface area contributed by atoms with Crippen molar-refractivity contribution < 1.29 is 4.79 Å². The fraction of sp³-hybridized carbons (Fsp3) is 0.417. The van der Waals surface area contributed by atoms with Gasteiger partial charge in [-0.2, -0.15) is 0 Å². The van der Waals surface area contributed by atoms with E-state index in [1.54, 1.807) is 0 Å². The second kappa shape index (κ2) is 5.31. The first kappa shape index (κ1) is 12.2. The third-order valence-electron chi connectivity index (χ3n) is 2.17. The molecule has 0 bridgehead atoms. The summed E-state index contributed by atoms with van der Waals surface area (Å²) in [6.45, 7) is 5.27. The third kappa shape index (κ3) is 3.34. The van der Waals surface area contributed by atoms with Crippen molar-refractivity contribution in [1.82, 2.24) is 0 Å². The van der Waals surface area contributed by atoms with Gasteiger partial charge in [0.1, 0.15) is 0 Å². The minimum atomic E-state index is 0.577. The summed E-state index contributed by atoms with van der Waals surface area (Å²) in [5, 5.41) is 0. The molecule has 0 unspecified atom stereocenters. The molecule has 1 aromatic carbocycles. The zero-order valence-electron chi connectivity index (χ0n) is 9.33. The van der Waals surface area contributed by atoms with E-state index in [9.17, 15) is 4.79 Å². The first-order valence-electron chi connectivity index (χ1n) is 5.00. The number of halogens is 1. The summed E-state index contributed by atoms with van der Waals surface area (Å²) in [6.07, 6.45) is 0.901. The molecule has 0 saturated heterocycles. The SMILES string of the molecule is CC(C)CN(C)c1cc(Br)ccc1C=O. The molecule has 0 fully saturated rings. The van der Waals surface area contributed by atoms with Crippen LogP contribution in [0, 0.1) is 5.92 Å². The first-order valence-corrected chi connectivity index (χ1v) is 5.79. The van der Waals surface area contributed by atoms with Crippen LogP contribution in [0.5, 0.6) is 0 Å². The average Bonchev–Trinajstić information content (AvgIpc) is 2.16. The zero-order chi connectivity index (χ0) is 11.4. The summed E-state index contributed by atoms with van der Waals surface area (Å²) in [4.78, 5) is 13.0. The van der Waals surface area contributed by atoms with Crippen LogP contribution in [0.3, 0.4) is 0 Å². The van der Waals surface area contributed by atoms with Crippen LogP contribution in [0.1, 0.15) is 24.2 Å². The number of carbonyl (C=O) groups is 1. The second-order valence-corrected chi connectivity index (χ2v) is 5.01. The number of aldehydes is 1. The van der Waals surface area contributed by atoms with E-state index in [4.69, 9.17) is 0 Å². The molecular weight excluding hydrogens is 254 g/mol. The fourth-order valence-electron chi connectivity index (χ4n) is 1.59. The molecule has 0 aliphatic carbocycles. The Bertz CT molecular complexity index is 349. The molecule has 0 atom stereocenters. The fourth-order valence-corrected chi connectivity index (χ4v) is 1.94. The van der Waals surface area contributed by atoms with E-state index in [1.807, 2.05) is 25.2 Å². The van der Waals surface area contributed by atoms with Crippen molar-refractivity contribution in [1.29, 1.82) is 0 Å². The summed E-state index contributed by atoms with van der Waals surface area (Å²) < 4.78 is 0.999. The molecule has 15 heavy (non-hydrogen) atoms. The van der Waals surface area contributed by atoms with Gasteiger partial charge in [-0.3, -0.25) is 4.79 Å². The summed E-state index contributed by atoms with van der Waals surface area (Å²) in [6, 6.07) is 5.70. The minimum Gasteiger partial charge on any atom is -0.374 e. The molecule has 3 heteroatoms. The van der Waals surface area contributed by atoms with Crippen molar-refractivity contribution in [3.8, 4) is 0 Å². The number of carbonyl (C=O) groups excluding carboxylic acids is 1. The Balaban J connectivity index is 2.99. The highest BCUT2D eigenvalue weighted by atomic mass is 79.9. The highest BCUT2D eigenvalue weighted by Gasteiger charge is 2.08. The molecule has 82 valence electrons. The van der Waals surface area contributed by atoms with Crippen LogP contribution in [0.2, 0.25) is 0 Å². The van der Waals surface area contributed by atoms with E-state index >= 15 is 0 Å². The van der Waals surface area contributed by atoms with Gasteiger partial charge in [-0.1, -0.05) is 29.8 Å². The molecule has 1 rings (SSSR count). The summed E-state index contributed by atoms with van der Waals surface area (Å²) >= 11 is 3.42. The monoisotopic (exact) mass is 269 g/mol. The lowest BCUT2D eigenvalue weighted by Crippen LogP contribution is -2.23. The van der Waals surface area contributed by atoms with E-state index < -0.39 is 0 Å². The van der Waals surface area contributed by atoms with Crippen LogP contribution >= 0.6 is 15.9 Å². The molecule has 0 spiro atoms. The molecule has 0 aromatic heterocycles. The van der Waals surface area contributed by atoms with E-state index in [1.165, 1.54) is 0 Å². The van der Waals surface area contributed by atoms with Gasteiger partial charge in [-0.05, 0) is 24.1 Å². The Kier molecular flexibility index (Phi) is 4.33. The number of nitrogens with zero attached hydrogens (tertiary/aromatic N) is 1. The molecule has 0 aliphatic heterocycles. The van der Waals surface area contributed by atoms with E-state index in [0.29, 0.717) is 5.92 Å². The van der Waals surface area contributed by atoms with Crippen molar-refractivity contribution >= 4 is 27.9 Å². The number of hydrogen-bond acceptors (Lipinski definition) is 2. The van der Waals surface area contributed by atoms with Gasteiger partial charge in [0.15, 0.2) is 6.29 Å². The lowest BCUT2D eigenvalue weighted by Gasteiger charge is -2.23. The minimum absolute atomic E-state index is 0.577. The van der Waals surface area contributed by atoms with Gasteiger partial charge in [0.05, 0.1) is 0 Å². The van der Waals surface area contributed by atoms with Crippen LogP contribution in [-0.4, -0.2) is 19.9 Å². The maximum absolute atomic E-state index is 10.9. The van der Waals surface area contributed by atoms with Crippen molar-refractivity contribution in [3.05, 3.63) is 28.2 Å². The predicted octanol–water partition coefficient (Wildman–Crippen LogP) is 3.35. The Morgan fingerprint density at radius 2 is 2.13 bits per heavy atom. The topological polar surface area (TPSA) is 20.3 Å². The number of rotatable bonds is 4. The number of hydrogen-bond donors (Lipinski definition) is 0. The molecule has 0 aliphatic rings. The van der Waals surface area contributed by atoms with E-state index in [0.717, 1.165) is 28.6 Å². The Morgan fingerprint density at radius 3 is 2.67 bits per heavy atom. The second-order valence-electron chi connectivity index (χ2n) is 4.10. The van der Waals surface area contributed by atoms with Crippen LogP contribution in [0.4, 0.5) is 5.69 Å². The largest absolute Gasteiger partial charge is 0.374 e. The summed E-state index contributed by atoms with van der Waals surface area (Å²) in [5.74, 6) is 0.577. The Morgan fingerprint density at radius 1 is 1.47 bits per heavy atom. The van der Waals surface area contributed by atoms with E-state index in [2.05, 4.69) is 34.7 Å². The van der Waals surface area contributed by atoms with Crippen LogP contribution in [0.25, 0.3) is 0 Å². The molecule has 0 N–H and O–H groups in total. The van der Waals surface area contributed by atoms with Gasteiger partial charge in [0.25, 0.3) is 0 Å². The smallest absolute Gasteiger partial charge is 0.152 e. The molecule has 0 heterocycles. The molecule has 0 amide bonds. The van der Waals surface area contributed by atoms with Gasteiger partial charge < -0.3 is 4.90 Å². The molecule has 0 saturated carbocycles. The normalized spacial score (nSPS) is 10.5. The van der Waals surface area contributed by atoms with Gasteiger partial charge in [-0.25, -0.2) is 0 Å². The predicted molar refractivity (Wildman–Crippen MR) is 67.6 cm³/mol. The highest BCUT2D eigenvalue weighted by molar-refractivity contribution is 9.10. The van der Waals surface area contributed by atoms with Crippen LogP contribution < -0.4 is 4.90 Å². The summed E-state index contributed by atoms with van der Waals surface area (Å²) in [7, 11) is 2.01. The lowest BCUT2D eigenvalue weighted by atomic mass is 10.1. The lowest BCUT2D eigenvalue weighted by molar-refractivity contribution is 0.112. The van der Waals surface area contributed by atoms with Crippen LogP contribution in [0.15, 0.2) is 22.7 Å². The standard InChI is InChI=1S/C12H16BrNO/c1-9(2)7-14(3)12-6-11(13)5-4-10(12)8-15/h4-6,8-9H,7H2,1-3H3. The van der Waals surface area contributed by atoms with Crippen LogP contribution in [-0.2, 0) is 0 Å². The quantitative estimate of drug-likeness (QED) is 0.782. The maximum Gasteiger partial charge on any atom is 0.152 e. The zero-order valence-corrected chi connectivity index (χ0v) is 10.9. The van der Waals surface area contributed by atoms with Gasteiger partial charge in [0, 0.05) is 29.3 Å². The molecule has 1 aromatic rings. The Hall–Kier alpha value is -0.830. The van der Waals surface area contributed by atoms with E-state index in [-0.39, 0.29) is 0 Å². The first-order chi connectivity index (χ1) is 7.04. The van der Waals surface area contributed by atoms with Gasteiger partial charge >= 0.3 is 0 Å². The van der Waals surface area contributed by atoms with Crippen molar-refractivity contribution in [2.75, 3.05) is 18.5 Å². The van der Waals surface area contributed by atoms with Crippen molar-refractivity contribution in [2.45, 2.75) is 13.8 Å². The number of anilines is 1. The molecule has 2 nitrogen and oxygen atoms in total. The maximum atomic E-state index is 10.9. The van der Waals surface area contributed by atoms with Gasteiger partial charge in [-0.15, -0.1) is 0 Å². The highest BCUT2D eigenvalue weighted by Crippen LogP contribution is 2.23. The Labute approximate surface area is 99.4 Å². The average molecular weight is 270 g/mol. The van der Waals surface area contributed by atoms with Gasteiger partial charge in [0.2, 0.25) is 0 Å². The summed E-state index contributed by atoms with van der Waals surface area (Å²) in [5.41, 5.74) is 1.72. The molecule has 0 radical (unpaired) electrons. The van der Waals surface area contributed by atoms with Crippen molar-refractivity contribution in [3.63, 3.8) is 0 Å².